The van der Waals surface area contributed by atoms with Gasteiger partial charge in [0, 0.05) is 0 Å². The monoisotopic (exact) mass is 303 g/mol. The van der Waals surface area contributed by atoms with E-state index >= 15 is 0 Å². The van der Waals surface area contributed by atoms with E-state index in [9.17, 15) is 12.8 Å². The summed E-state index contributed by atoms with van der Waals surface area (Å²) in [6.45, 7) is 2.31. The van der Waals surface area contributed by atoms with Crippen LogP contribution in [0, 0.1) is 6.92 Å². The standard InChI is InChI=1S/C13H18FNO4S/c1-9-4-6-11(7-5-9)12(8-14)13(15-16)10(2)20(17,18)19-3/h4-7,10,12,16H,8H2,1-3H3. The first-order valence-corrected chi connectivity index (χ1v) is 7.48. The average molecular weight is 303 g/mol. The summed E-state index contributed by atoms with van der Waals surface area (Å²) in [4.78, 5) is 0. The quantitative estimate of drug-likeness (QED) is 0.378. The van der Waals surface area contributed by atoms with Crippen LogP contribution in [0.1, 0.15) is 24.0 Å². The molecule has 1 rings (SSSR count). The van der Waals surface area contributed by atoms with Crippen LogP contribution in [0.2, 0.25) is 0 Å². The molecule has 0 aliphatic heterocycles. The van der Waals surface area contributed by atoms with Crippen molar-refractivity contribution in [3.63, 3.8) is 0 Å². The highest BCUT2D eigenvalue weighted by molar-refractivity contribution is 7.88. The number of benzene rings is 1. The molecule has 0 aliphatic carbocycles. The van der Waals surface area contributed by atoms with E-state index in [1.54, 1.807) is 24.3 Å². The summed E-state index contributed by atoms with van der Waals surface area (Å²) in [7, 11) is -2.93. The molecule has 112 valence electrons. The topological polar surface area (TPSA) is 76.0 Å². The van der Waals surface area contributed by atoms with Gasteiger partial charge in [0.05, 0.1) is 18.7 Å². The summed E-state index contributed by atoms with van der Waals surface area (Å²) < 4.78 is 41.0. The first-order chi connectivity index (χ1) is 9.37. The van der Waals surface area contributed by atoms with Gasteiger partial charge in [-0.1, -0.05) is 35.0 Å². The minimum absolute atomic E-state index is 0.182. The molecule has 0 bridgehead atoms. The van der Waals surface area contributed by atoms with Gasteiger partial charge in [0.1, 0.15) is 11.9 Å². The summed E-state index contributed by atoms with van der Waals surface area (Å²) in [5.74, 6) is -0.930. The molecule has 0 radical (unpaired) electrons. The Bertz CT molecular complexity index is 569. The molecule has 7 heteroatoms. The van der Waals surface area contributed by atoms with Gasteiger partial charge in [0.2, 0.25) is 0 Å². The third-order valence-electron chi connectivity index (χ3n) is 3.19. The number of aryl methyl sites for hydroxylation is 1. The predicted octanol–water partition coefficient (Wildman–Crippen LogP) is 2.24. The zero-order valence-corrected chi connectivity index (χ0v) is 12.4. The van der Waals surface area contributed by atoms with Crippen LogP contribution in [0.5, 0.6) is 0 Å². The fourth-order valence-corrected chi connectivity index (χ4v) is 2.66. The van der Waals surface area contributed by atoms with Crippen LogP contribution in [0.25, 0.3) is 0 Å². The Morgan fingerprint density at radius 2 is 1.95 bits per heavy atom. The SMILES string of the molecule is COS(=O)(=O)C(C)C(=NO)C(CF)c1ccc(C)cc1. The fourth-order valence-electron chi connectivity index (χ4n) is 1.86. The van der Waals surface area contributed by atoms with Crippen LogP contribution in [-0.4, -0.2) is 38.4 Å². The van der Waals surface area contributed by atoms with Crippen molar-refractivity contribution < 1.29 is 22.2 Å². The number of halogens is 1. The average Bonchev–Trinajstić information content (AvgIpc) is 2.45. The first kappa shape index (κ1) is 16.6. The number of hydrogen-bond donors (Lipinski definition) is 1. The van der Waals surface area contributed by atoms with E-state index in [2.05, 4.69) is 9.34 Å². The summed E-state index contributed by atoms with van der Waals surface area (Å²) >= 11 is 0. The second kappa shape index (κ2) is 6.81. The highest BCUT2D eigenvalue weighted by Gasteiger charge is 2.33. The lowest BCUT2D eigenvalue weighted by Crippen LogP contribution is -2.33. The van der Waals surface area contributed by atoms with E-state index in [-0.39, 0.29) is 5.71 Å². The summed E-state index contributed by atoms with van der Waals surface area (Å²) in [6.07, 6.45) is 0. The van der Waals surface area contributed by atoms with Crippen molar-refractivity contribution in [2.24, 2.45) is 5.16 Å². The smallest absolute Gasteiger partial charge is 0.275 e. The van der Waals surface area contributed by atoms with E-state index < -0.39 is 28.0 Å². The van der Waals surface area contributed by atoms with Gasteiger partial charge >= 0.3 is 0 Å². The Morgan fingerprint density at radius 3 is 2.35 bits per heavy atom. The molecule has 0 saturated carbocycles. The van der Waals surface area contributed by atoms with Crippen molar-refractivity contribution in [2.45, 2.75) is 25.0 Å². The van der Waals surface area contributed by atoms with Gasteiger partial charge < -0.3 is 5.21 Å². The zero-order valence-electron chi connectivity index (χ0n) is 11.6. The molecule has 0 aromatic heterocycles. The number of hydrogen-bond acceptors (Lipinski definition) is 5. The van der Waals surface area contributed by atoms with Crippen LogP contribution in [0.15, 0.2) is 29.4 Å². The molecule has 5 nitrogen and oxygen atoms in total. The van der Waals surface area contributed by atoms with Gasteiger partial charge in [0.25, 0.3) is 10.1 Å². The van der Waals surface area contributed by atoms with Crippen molar-refractivity contribution >= 4 is 15.8 Å². The lowest BCUT2D eigenvalue weighted by molar-refractivity contribution is 0.312. The Labute approximate surface area is 118 Å². The van der Waals surface area contributed by atoms with E-state index in [0.29, 0.717) is 5.56 Å². The van der Waals surface area contributed by atoms with E-state index in [1.807, 2.05) is 6.92 Å². The van der Waals surface area contributed by atoms with Crippen LogP contribution in [0.4, 0.5) is 4.39 Å². The second-order valence-corrected chi connectivity index (χ2v) is 6.47. The van der Waals surface area contributed by atoms with Gasteiger partial charge in [-0.15, -0.1) is 0 Å². The van der Waals surface area contributed by atoms with Gasteiger partial charge in [-0.05, 0) is 19.4 Å². The van der Waals surface area contributed by atoms with Gasteiger partial charge in [-0.25, -0.2) is 0 Å². The minimum atomic E-state index is -3.94. The van der Waals surface area contributed by atoms with Crippen LogP contribution >= 0.6 is 0 Å². The van der Waals surface area contributed by atoms with E-state index in [0.717, 1.165) is 12.7 Å². The summed E-state index contributed by atoms with van der Waals surface area (Å²) in [6, 6.07) is 6.92. The maximum Gasteiger partial charge on any atom is 0.275 e. The molecule has 0 amide bonds. The third-order valence-corrected chi connectivity index (χ3v) is 4.76. The molecule has 20 heavy (non-hydrogen) atoms. The van der Waals surface area contributed by atoms with Gasteiger partial charge in [0.15, 0.2) is 0 Å². The molecule has 0 fully saturated rings. The molecular weight excluding hydrogens is 285 g/mol. The Hall–Kier alpha value is -1.47. The van der Waals surface area contributed by atoms with Crippen molar-refractivity contribution in [1.82, 2.24) is 0 Å². The maximum atomic E-state index is 13.3. The molecular formula is C13H18FNO4S. The van der Waals surface area contributed by atoms with E-state index in [4.69, 9.17) is 5.21 Å². The highest BCUT2D eigenvalue weighted by Crippen LogP contribution is 2.23. The van der Waals surface area contributed by atoms with Crippen LogP contribution < -0.4 is 0 Å². The van der Waals surface area contributed by atoms with E-state index in [1.165, 1.54) is 6.92 Å². The molecule has 0 heterocycles. The zero-order chi connectivity index (χ0) is 15.3. The molecule has 2 unspecified atom stereocenters. The number of nitrogens with zero attached hydrogens (tertiary/aromatic N) is 1. The normalized spacial score (nSPS) is 15.9. The van der Waals surface area contributed by atoms with Crippen LogP contribution in [-0.2, 0) is 14.3 Å². The van der Waals surface area contributed by atoms with Crippen molar-refractivity contribution in [3.8, 4) is 0 Å². The summed E-state index contributed by atoms with van der Waals surface area (Å²) in [5, 5.41) is 10.8. The third kappa shape index (κ3) is 3.55. The fraction of sp³-hybridized carbons (Fsp3) is 0.462. The Kier molecular flexibility index (Phi) is 5.64. The predicted molar refractivity (Wildman–Crippen MR) is 74.5 cm³/mol. The molecule has 0 aliphatic rings. The van der Waals surface area contributed by atoms with Crippen molar-refractivity contribution in [3.05, 3.63) is 35.4 Å². The molecule has 2 atom stereocenters. The highest BCUT2D eigenvalue weighted by atomic mass is 32.2. The second-order valence-electron chi connectivity index (χ2n) is 4.44. The lowest BCUT2D eigenvalue weighted by atomic mass is 9.93. The van der Waals surface area contributed by atoms with Gasteiger partial charge in [-0.2, -0.15) is 8.42 Å². The molecule has 1 aromatic carbocycles. The molecule has 0 saturated heterocycles. The number of rotatable bonds is 6. The number of oxime groups is 1. The minimum Gasteiger partial charge on any atom is -0.411 e. The van der Waals surface area contributed by atoms with Gasteiger partial charge in [-0.3, -0.25) is 8.57 Å². The summed E-state index contributed by atoms with van der Waals surface area (Å²) in [5.41, 5.74) is 1.36. The molecule has 1 N–H and O–H groups in total. The Balaban J connectivity index is 3.18. The largest absolute Gasteiger partial charge is 0.411 e. The molecule has 0 spiro atoms. The Morgan fingerprint density at radius 1 is 1.40 bits per heavy atom. The van der Waals surface area contributed by atoms with Crippen LogP contribution in [0.3, 0.4) is 0 Å². The van der Waals surface area contributed by atoms with Crippen molar-refractivity contribution in [2.75, 3.05) is 13.8 Å². The lowest BCUT2D eigenvalue weighted by Gasteiger charge is -2.20. The van der Waals surface area contributed by atoms with Crippen molar-refractivity contribution in [1.29, 1.82) is 0 Å². The maximum absolute atomic E-state index is 13.3. The number of alkyl halides is 1. The molecule has 1 aromatic rings. The first-order valence-electron chi connectivity index (χ1n) is 6.01.